The summed E-state index contributed by atoms with van der Waals surface area (Å²) in [7, 11) is 0. The lowest BCUT2D eigenvalue weighted by Crippen LogP contribution is -2.07. The molecule has 2 nitrogen and oxygen atoms in total. The predicted octanol–water partition coefficient (Wildman–Crippen LogP) is 2.31. The Balaban J connectivity index is 0.000000461. The molecule has 11 heavy (non-hydrogen) atoms. The highest BCUT2D eigenvalue weighted by Gasteiger charge is 1.88. The zero-order chi connectivity index (χ0) is 8.69. The Labute approximate surface area is 68.4 Å². The average molecular weight is 152 g/mol. The number of nitrogens with two attached hydrogens (primary N) is 1. The van der Waals surface area contributed by atoms with E-state index in [1.54, 1.807) is 0 Å². The lowest BCUT2D eigenvalue weighted by atomic mass is 10.2. The molecule has 1 aromatic carbocycles. The zero-order valence-electron chi connectivity index (χ0n) is 7.39. The molecule has 0 aromatic heterocycles. The lowest BCUT2D eigenvalue weighted by Gasteiger charge is -2.01. The minimum atomic E-state index is 0.984. The van der Waals surface area contributed by atoms with Crippen LogP contribution in [0.4, 0.5) is 5.69 Å². The molecule has 0 atom stereocenters. The summed E-state index contributed by atoms with van der Waals surface area (Å²) in [6.07, 6.45) is 0. The van der Waals surface area contributed by atoms with E-state index in [1.165, 1.54) is 5.56 Å². The first-order valence-electron chi connectivity index (χ1n) is 3.87. The third kappa shape index (κ3) is 3.05. The highest BCUT2D eigenvalue weighted by molar-refractivity contribution is 5.48. The normalized spacial score (nSPS) is 8.00. The average Bonchev–Trinajstić information content (AvgIpc) is 2.09. The molecule has 0 aliphatic carbocycles. The number of nitrogens with one attached hydrogen (secondary N) is 1. The summed E-state index contributed by atoms with van der Waals surface area (Å²) < 4.78 is 0. The number of hydrogen-bond donors (Lipinski definition) is 2. The number of hydrazine groups is 1. The third-order valence-electron chi connectivity index (χ3n) is 1.30. The Kier molecular flexibility index (Phi) is 5.21. The summed E-state index contributed by atoms with van der Waals surface area (Å²) in [5.74, 6) is 5.20. The maximum atomic E-state index is 5.20. The van der Waals surface area contributed by atoms with E-state index in [4.69, 9.17) is 5.84 Å². The van der Waals surface area contributed by atoms with E-state index < -0.39 is 0 Å². The standard InChI is InChI=1S/C7H10N2.C2H6/c1-6-4-2-3-5-7(6)9-8;1-2/h2-5,9H,8H2,1H3;1-2H3. The second-order valence-corrected chi connectivity index (χ2v) is 1.96. The summed E-state index contributed by atoms with van der Waals surface area (Å²) >= 11 is 0. The van der Waals surface area contributed by atoms with Crippen LogP contribution >= 0.6 is 0 Å². The summed E-state index contributed by atoms with van der Waals surface area (Å²) in [5.41, 5.74) is 4.75. The SMILES string of the molecule is CC.Cc1ccccc1NN. The molecule has 0 fully saturated rings. The van der Waals surface area contributed by atoms with Crippen molar-refractivity contribution in [3.63, 3.8) is 0 Å². The molecule has 0 heterocycles. The molecular weight excluding hydrogens is 136 g/mol. The topological polar surface area (TPSA) is 38.0 Å². The Hall–Kier alpha value is -1.02. The molecule has 1 aromatic rings. The van der Waals surface area contributed by atoms with Crippen LogP contribution in [0.3, 0.4) is 0 Å². The van der Waals surface area contributed by atoms with Crippen LogP contribution < -0.4 is 11.3 Å². The number of para-hydroxylation sites is 1. The van der Waals surface area contributed by atoms with Gasteiger partial charge in [-0.1, -0.05) is 32.0 Å². The molecular formula is C9H16N2. The van der Waals surface area contributed by atoms with Crippen molar-refractivity contribution in [2.24, 2.45) is 5.84 Å². The van der Waals surface area contributed by atoms with Crippen LogP contribution in [0.2, 0.25) is 0 Å². The molecule has 0 aliphatic heterocycles. The maximum absolute atomic E-state index is 5.20. The van der Waals surface area contributed by atoms with Gasteiger partial charge in [0.05, 0.1) is 5.69 Å². The van der Waals surface area contributed by atoms with E-state index in [2.05, 4.69) is 5.43 Å². The molecule has 2 heteroatoms. The molecule has 62 valence electrons. The van der Waals surface area contributed by atoms with E-state index in [-0.39, 0.29) is 0 Å². The second kappa shape index (κ2) is 5.74. The molecule has 0 spiro atoms. The van der Waals surface area contributed by atoms with E-state index in [0.29, 0.717) is 0 Å². The van der Waals surface area contributed by atoms with Crippen LogP contribution in [0.5, 0.6) is 0 Å². The number of hydrogen-bond acceptors (Lipinski definition) is 2. The largest absolute Gasteiger partial charge is 0.324 e. The molecule has 0 bridgehead atoms. The quantitative estimate of drug-likeness (QED) is 0.478. The molecule has 0 unspecified atom stereocenters. The van der Waals surface area contributed by atoms with E-state index >= 15 is 0 Å². The fourth-order valence-electron chi connectivity index (χ4n) is 0.735. The third-order valence-corrected chi connectivity index (χ3v) is 1.30. The Morgan fingerprint density at radius 2 is 1.73 bits per heavy atom. The van der Waals surface area contributed by atoms with Crippen molar-refractivity contribution in [3.8, 4) is 0 Å². The fraction of sp³-hybridized carbons (Fsp3) is 0.333. The molecule has 0 amide bonds. The Morgan fingerprint density at radius 1 is 1.18 bits per heavy atom. The number of nitrogen functional groups attached to an aromatic ring is 1. The van der Waals surface area contributed by atoms with Crippen molar-refractivity contribution in [2.75, 3.05) is 5.43 Å². The van der Waals surface area contributed by atoms with Crippen molar-refractivity contribution < 1.29 is 0 Å². The first-order chi connectivity index (χ1) is 5.34. The van der Waals surface area contributed by atoms with Gasteiger partial charge in [0.25, 0.3) is 0 Å². The molecule has 0 saturated heterocycles. The first-order valence-corrected chi connectivity index (χ1v) is 3.87. The molecule has 3 N–H and O–H groups in total. The Bertz CT molecular complexity index is 197. The van der Waals surface area contributed by atoms with Gasteiger partial charge >= 0.3 is 0 Å². The molecule has 0 aliphatic rings. The van der Waals surface area contributed by atoms with Crippen LogP contribution in [0, 0.1) is 6.92 Å². The van der Waals surface area contributed by atoms with Crippen molar-refractivity contribution in [1.82, 2.24) is 0 Å². The monoisotopic (exact) mass is 152 g/mol. The number of benzene rings is 1. The first kappa shape index (κ1) is 9.98. The minimum Gasteiger partial charge on any atom is -0.324 e. The highest BCUT2D eigenvalue weighted by Crippen LogP contribution is 2.10. The van der Waals surface area contributed by atoms with Gasteiger partial charge in [0.15, 0.2) is 0 Å². The van der Waals surface area contributed by atoms with Crippen LogP contribution in [0.1, 0.15) is 19.4 Å². The van der Waals surface area contributed by atoms with Gasteiger partial charge in [-0.15, -0.1) is 0 Å². The minimum absolute atomic E-state index is 0.984. The van der Waals surface area contributed by atoms with Crippen LogP contribution in [-0.2, 0) is 0 Å². The van der Waals surface area contributed by atoms with Gasteiger partial charge in [-0.3, -0.25) is 5.84 Å². The van der Waals surface area contributed by atoms with Gasteiger partial charge in [0.2, 0.25) is 0 Å². The van der Waals surface area contributed by atoms with Crippen molar-refractivity contribution in [3.05, 3.63) is 29.8 Å². The Morgan fingerprint density at radius 3 is 2.09 bits per heavy atom. The van der Waals surface area contributed by atoms with Gasteiger partial charge in [-0.25, -0.2) is 0 Å². The molecule has 1 rings (SSSR count). The fourth-order valence-corrected chi connectivity index (χ4v) is 0.735. The lowest BCUT2D eigenvalue weighted by molar-refractivity contribution is 1.31. The second-order valence-electron chi connectivity index (χ2n) is 1.96. The van der Waals surface area contributed by atoms with E-state index in [9.17, 15) is 0 Å². The highest BCUT2D eigenvalue weighted by atomic mass is 15.2. The summed E-state index contributed by atoms with van der Waals surface area (Å²) in [6, 6.07) is 7.88. The summed E-state index contributed by atoms with van der Waals surface area (Å²) in [4.78, 5) is 0. The van der Waals surface area contributed by atoms with Gasteiger partial charge in [-0.05, 0) is 18.6 Å². The smallest absolute Gasteiger partial charge is 0.0514 e. The zero-order valence-corrected chi connectivity index (χ0v) is 7.39. The van der Waals surface area contributed by atoms with Gasteiger partial charge < -0.3 is 5.43 Å². The number of anilines is 1. The van der Waals surface area contributed by atoms with Crippen LogP contribution in [-0.4, -0.2) is 0 Å². The molecule has 0 saturated carbocycles. The van der Waals surface area contributed by atoms with E-state index in [1.807, 2.05) is 45.0 Å². The van der Waals surface area contributed by atoms with Crippen LogP contribution in [0.25, 0.3) is 0 Å². The van der Waals surface area contributed by atoms with Gasteiger partial charge in [-0.2, -0.15) is 0 Å². The maximum Gasteiger partial charge on any atom is 0.0514 e. The van der Waals surface area contributed by atoms with Gasteiger partial charge in [0.1, 0.15) is 0 Å². The van der Waals surface area contributed by atoms with Crippen LogP contribution in [0.15, 0.2) is 24.3 Å². The molecule has 0 radical (unpaired) electrons. The van der Waals surface area contributed by atoms with Gasteiger partial charge in [0, 0.05) is 0 Å². The van der Waals surface area contributed by atoms with Crippen molar-refractivity contribution >= 4 is 5.69 Å². The summed E-state index contributed by atoms with van der Waals surface area (Å²) in [6.45, 7) is 6.01. The number of aryl methyl sites for hydroxylation is 1. The number of rotatable bonds is 1. The van der Waals surface area contributed by atoms with E-state index in [0.717, 1.165) is 5.69 Å². The van der Waals surface area contributed by atoms with Crippen molar-refractivity contribution in [1.29, 1.82) is 0 Å². The summed E-state index contributed by atoms with van der Waals surface area (Å²) in [5, 5.41) is 0. The van der Waals surface area contributed by atoms with Crippen molar-refractivity contribution in [2.45, 2.75) is 20.8 Å². The predicted molar refractivity (Wildman–Crippen MR) is 50.3 cm³/mol.